The van der Waals surface area contributed by atoms with Gasteiger partial charge in [-0.3, -0.25) is 4.79 Å². The minimum atomic E-state index is -0.124. The highest BCUT2D eigenvalue weighted by molar-refractivity contribution is 5.76. The van der Waals surface area contributed by atoms with E-state index in [4.69, 9.17) is 9.47 Å². The number of hydrogen-bond acceptors (Lipinski definition) is 3. The lowest BCUT2D eigenvalue weighted by Crippen LogP contribution is -2.10. The molecule has 1 fully saturated rings. The molecule has 0 unspecified atom stereocenters. The fourth-order valence-electron chi connectivity index (χ4n) is 1.63. The average Bonchev–Trinajstić information content (AvgIpc) is 3.08. The van der Waals surface area contributed by atoms with Crippen LogP contribution in [-0.2, 0) is 20.9 Å². The minimum Gasteiger partial charge on any atom is -0.466 e. The maximum atomic E-state index is 11.3. The number of ether oxygens (including phenoxy) is 2. The van der Waals surface area contributed by atoms with E-state index < -0.39 is 0 Å². The molecule has 86 valence electrons. The Kier molecular flexibility index (Phi) is 3.57. The predicted molar refractivity (Wildman–Crippen MR) is 59.8 cm³/mol. The quantitative estimate of drug-likeness (QED) is 0.713. The van der Waals surface area contributed by atoms with Crippen molar-refractivity contribution in [1.29, 1.82) is 0 Å². The molecule has 0 saturated heterocycles. The standard InChI is InChI=1S/C13H16O3/c1-2-15-13(14)11-8-12(11)16-9-10-6-4-3-5-7-10/h3-7,11-12H,2,8-9H2,1H3/t11-,12+/m1/s1. The van der Waals surface area contributed by atoms with Crippen molar-refractivity contribution in [3.8, 4) is 0 Å². The second kappa shape index (κ2) is 5.12. The summed E-state index contributed by atoms with van der Waals surface area (Å²) in [5.74, 6) is -0.163. The van der Waals surface area contributed by atoms with E-state index >= 15 is 0 Å². The molecule has 0 radical (unpaired) electrons. The molecule has 1 aromatic rings. The van der Waals surface area contributed by atoms with Crippen molar-refractivity contribution in [2.24, 2.45) is 5.92 Å². The summed E-state index contributed by atoms with van der Waals surface area (Å²) in [6.45, 7) is 2.84. The molecule has 0 aliphatic heterocycles. The van der Waals surface area contributed by atoms with Crippen molar-refractivity contribution in [2.45, 2.75) is 26.1 Å². The first-order chi connectivity index (χ1) is 7.81. The summed E-state index contributed by atoms with van der Waals surface area (Å²) in [5, 5.41) is 0. The molecule has 0 N–H and O–H groups in total. The molecule has 2 atom stereocenters. The van der Waals surface area contributed by atoms with Crippen LogP contribution in [0.25, 0.3) is 0 Å². The molecule has 3 heteroatoms. The Labute approximate surface area is 95.4 Å². The molecule has 1 aliphatic rings. The maximum absolute atomic E-state index is 11.3. The van der Waals surface area contributed by atoms with Crippen LogP contribution in [0.4, 0.5) is 0 Å². The van der Waals surface area contributed by atoms with E-state index in [9.17, 15) is 4.79 Å². The number of carbonyl (C=O) groups excluding carboxylic acids is 1. The van der Waals surface area contributed by atoms with E-state index in [1.807, 2.05) is 37.3 Å². The number of rotatable bonds is 5. The van der Waals surface area contributed by atoms with E-state index in [-0.39, 0.29) is 18.0 Å². The SMILES string of the molecule is CCOC(=O)[C@@H]1C[C@@H]1OCc1ccccc1. The smallest absolute Gasteiger partial charge is 0.311 e. The fraction of sp³-hybridized carbons (Fsp3) is 0.462. The van der Waals surface area contributed by atoms with Gasteiger partial charge in [0.15, 0.2) is 0 Å². The molecule has 1 aromatic carbocycles. The van der Waals surface area contributed by atoms with Gasteiger partial charge in [-0.2, -0.15) is 0 Å². The van der Waals surface area contributed by atoms with Gasteiger partial charge in [0.25, 0.3) is 0 Å². The molecule has 3 nitrogen and oxygen atoms in total. The summed E-state index contributed by atoms with van der Waals surface area (Å²) in [6, 6.07) is 9.97. The Balaban J connectivity index is 1.72. The van der Waals surface area contributed by atoms with E-state index in [2.05, 4.69) is 0 Å². The van der Waals surface area contributed by atoms with Gasteiger partial charge in [0.05, 0.1) is 25.2 Å². The van der Waals surface area contributed by atoms with Crippen LogP contribution >= 0.6 is 0 Å². The lowest BCUT2D eigenvalue weighted by molar-refractivity contribution is -0.145. The molecular weight excluding hydrogens is 204 g/mol. The van der Waals surface area contributed by atoms with Crippen molar-refractivity contribution < 1.29 is 14.3 Å². The van der Waals surface area contributed by atoms with Gasteiger partial charge in [-0.1, -0.05) is 30.3 Å². The van der Waals surface area contributed by atoms with Gasteiger partial charge in [0.1, 0.15) is 0 Å². The van der Waals surface area contributed by atoms with Gasteiger partial charge in [-0.15, -0.1) is 0 Å². The second-order valence-electron chi connectivity index (χ2n) is 3.93. The van der Waals surface area contributed by atoms with Crippen molar-refractivity contribution in [1.82, 2.24) is 0 Å². The fourth-order valence-corrected chi connectivity index (χ4v) is 1.63. The third-order valence-corrected chi connectivity index (χ3v) is 2.63. The summed E-state index contributed by atoms with van der Waals surface area (Å²) in [6.07, 6.45) is 0.852. The molecule has 0 amide bonds. The van der Waals surface area contributed by atoms with E-state index in [0.29, 0.717) is 13.2 Å². The van der Waals surface area contributed by atoms with Crippen LogP contribution in [0, 0.1) is 5.92 Å². The molecule has 1 aliphatic carbocycles. The number of hydrogen-bond donors (Lipinski definition) is 0. The molecule has 0 heterocycles. The zero-order valence-corrected chi connectivity index (χ0v) is 9.39. The van der Waals surface area contributed by atoms with Gasteiger partial charge < -0.3 is 9.47 Å². The Morgan fingerprint density at radius 1 is 1.38 bits per heavy atom. The summed E-state index contributed by atoms with van der Waals surface area (Å²) in [7, 11) is 0. The Morgan fingerprint density at radius 2 is 2.12 bits per heavy atom. The van der Waals surface area contributed by atoms with Crippen molar-refractivity contribution in [2.75, 3.05) is 6.61 Å². The van der Waals surface area contributed by atoms with Gasteiger partial charge in [0, 0.05) is 0 Å². The summed E-state index contributed by atoms with van der Waals surface area (Å²) >= 11 is 0. The van der Waals surface area contributed by atoms with Crippen LogP contribution < -0.4 is 0 Å². The molecule has 1 saturated carbocycles. The predicted octanol–water partition coefficient (Wildman–Crippen LogP) is 2.15. The number of esters is 1. The normalized spacial score (nSPS) is 22.8. The van der Waals surface area contributed by atoms with Crippen molar-refractivity contribution in [3.05, 3.63) is 35.9 Å². The minimum absolute atomic E-state index is 0.0383. The van der Waals surface area contributed by atoms with Crippen molar-refractivity contribution in [3.63, 3.8) is 0 Å². The second-order valence-corrected chi connectivity index (χ2v) is 3.93. The third kappa shape index (κ3) is 2.83. The highest BCUT2D eigenvalue weighted by Gasteiger charge is 2.45. The van der Waals surface area contributed by atoms with Crippen molar-refractivity contribution >= 4 is 5.97 Å². The first-order valence-electron chi connectivity index (χ1n) is 5.63. The van der Waals surface area contributed by atoms with Crippen LogP contribution in [-0.4, -0.2) is 18.7 Å². The van der Waals surface area contributed by atoms with Gasteiger partial charge in [-0.25, -0.2) is 0 Å². The molecule has 0 aromatic heterocycles. The van der Waals surface area contributed by atoms with E-state index in [1.165, 1.54) is 0 Å². The highest BCUT2D eigenvalue weighted by Crippen LogP contribution is 2.35. The zero-order valence-electron chi connectivity index (χ0n) is 9.39. The average molecular weight is 220 g/mol. The molecule has 0 bridgehead atoms. The van der Waals surface area contributed by atoms with Crippen LogP contribution in [0.2, 0.25) is 0 Å². The van der Waals surface area contributed by atoms with Crippen LogP contribution in [0.1, 0.15) is 18.9 Å². The van der Waals surface area contributed by atoms with Crippen LogP contribution in [0.15, 0.2) is 30.3 Å². The monoisotopic (exact) mass is 220 g/mol. The van der Waals surface area contributed by atoms with Gasteiger partial charge in [0.2, 0.25) is 0 Å². The number of benzene rings is 1. The van der Waals surface area contributed by atoms with Crippen LogP contribution in [0.5, 0.6) is 0 Å². The first kappa shape index (κ1) is 11.1. The molecular formula is C13H16O3. The maximum Gasteiger partial charge on any atom is 0.311 e. The Morgan fingerprint density at radius 3 is 2.81 bits per heavy atom. The van der Waals surface area contributed by atoms with E-state index in [1.54, 1.807) is 0 Å². The van der Waals surface area contributed by atoms with Gasteiger partial charge in [-0.05, 0) is 18.9 Å². The topological polar surface area (TPSA) is 35.5 Å². The number of carbonyl (C=O) groups is 1. The van der Waals surface area contributed by atoms with Crippen LogP contribution in [0.3, 0.4) is 0 Å². The molecule has 0 spiro atoms. The Bertz CT molecular complexity index is 347. The molecule has 16 heavy (non-hydrogen) atoms. The summed E-state index contributed by atoms with van der Waals surface area (Å²) in [4.78, 5) is 11.3. The largest absolute Gasteiger partial charge is 0.466 e. The summed E-state index contributed by atoms with van der Waals surface area (Å²) < 4.78 is 10.5. The molecule has 2 rings (SSSR count). The lowest BCUT2D eigenvalue weighted by Gasteiger charge is -2.03. The lowest BCUT2D eigenvalue weighted by atomic mass is 10.2. The van der Waals surface area contributed by atoms with Gasteiger partial charge >= 0.3 is 5.97 Å². The first-order valence-corrected chi connectivity index (χ1v) is 5.63. The Hall–Kier alpha value is -1.35. The zero-order chi connectivity index (χ0) is 11.4. The third-order valence-electron chi connectivity index (χ3n) is 2.63. The summed E-state index contributed by atoms with van der Waals surface area (Å²) in [5.41, 5.74) is 1.14. The van der Waals surface area contributed by atoms with E-state index in [0.717, 1.165) is 12.0 Å². The highest BCUT2D eigenvalue weighted by atomic mass is 16.5.